The monoisotopic (exact) mass is 131 g/mol. The second-order valence-electron chi connectivity index (χ2n) is 3.00. The van der Waals surface area contributed by atoms with Gasteiger partial charge in [0.25, 0.3) is 0 Å². The van der Waals surface area contributed by atoms with E-state index in [1.54, 1.807) is 0 Å². The minimum absolute atomic E-state index is 0.196. The highest BCUT2D eigenvalue weighted by Gasteiger charge is 2.26. The zero-order valence-corrected chi connectivity index (χ0v) is 5.81. The molecule has 0 aromatic rings. The molecule has 0 radical (unpaired) electrons. The predicted octanol–water partition coefficient (Wildman–Crippen LogP) is 1.47. The molecule has 0 unspecified atom stereocenters. The summed E-state index contributed by atoms with van der Waals surface area (Å²) in [6, 6.07) is -0.196. The Hall–Kier alpha value is -0.110. The molecule has 1 aliphatic carbocycles. The first-order valence-corrected chi connectivity index (χ1v) is 3.61. The third kappa shape index (κ3) is 1.42. The van der Waals surface area contributed by atoms with E-state index in [0.717, 1.165) is 12.8 Å². The van der Waals surface area contributed by atoms with Gasteiger partial charge in [-0.2, -0.15) is 0 Å². The molecule has 1 nitrogen and oxygen atoms in total. The Morgan fingerprint density at radius 1 is 1.44 bits per heavy atom. The van der Waals surface area contributed by atoms with Crippen LogP contribution >= 0.6 is 0 Å². The van der Waals surface area contributed by atoms with Gasteiger partial charge in [0.05, 0.1) is 0 Å². The normalized spacial score (nSPS) is 45.0. The Morgan fingerprint density at radius 2 is 2.11 bits per heavy atom. The molecule has 0 heterocycles. The molecule has 1 fully saturated rings. The van der Waals surface area contributed by atoms with Crippen LogP contribution in [0.3, 0.4) is 0 Å². The van der Waals surface area contributed by atoms with Crippen LogP contribution < -0.4 is 5.73 Å². The van der Waals surface area contributed by atoms with Crippen molar-refractivity contribution in [2.24, 2.45) is 11.7 Å². The summed E-state index contributed by atoms with van der Waals surface area (Å²) in [5, 5.41) is 0. The topological polar surface area (TPSA) is 26.0 Å². The molecular weight excluding hydrogens is 117 g/mol. The summed E-state index contributed by atoms with van der Waals surface area (Å²) in [6.45, 7) is 2.02. The summed E-state index contributed by atoms with van der Waals surface area (Å²) in [5.41, 5.74) is 5.55. The zero-order chi connectivity index (χ0) is 6.85. The Kier molecular flexibility index (Phi) is 2.06. The van der Waals surface area contributed by atoms with Crippen LogP contribution in [0, 0.1) is 5.92 Å². The van der Waals surface area contributed by atoms with Crippen molar-refractivity contribution in [3.05, 3.63) is 0 Å². The summed E-state index contributed by atoms with van der Waals surface area (Å²) in [6.07, 6.45) is 2.04. The van der Waals surface area contributed by atoms with Crippen LogP contribution in [0.5, 0.6) is 0 Å². The molecule has 1 aliphatic rings. The van der Waals surface area contributed by atoms with Gasteiger partial charge in [-0.15, -0.1) is 0 Å². The lowest BCUT2D eigenvalue weighted by molar-refractivity contribution is 0.172. The Balaban J connectivity index is 2.41. The molecule has 0 aliphatic heterocycles. The van der Waals surface area contributed by atoms with Gasteiger partial charge in [-0.25, -0.2) is 4.39 Å². The lowest BCUT2D eigenvalue weighted by Gasteiger charge is -2.28. The molecule has 2 N–H and O–H groups in total. The van der Waals surface area contributed by atoms with Gasteiger partial charge in [0.15, 0.2) is 0 Å². The molecule has 54 valence electrons. The summed E-state index contributed by atoms with van der Waals surface area (Å²) < 4.78 is 12.7. The van der Waals surface area contributed by atoms with Crippen LogP contribution in [0.1, 0.15) is 26.2 Å². The fourth-order valence-electron chi connectivity index (χ4n) is 1.38. The van der Waals surface area contributed by atoms with E-state index in [-0.39, 0.29) is 6.04 Å². The Bertz CT molecular complexity index is 84.9. The van der Waals surface area contributed by atoms with Crippen molar-refractivity contribution in [3.8, 4) is 0 Å². The highest BCUT2D eigenvalue weighted by molar-refractivity contribution is 4.82. The highest BCUT2D eigenvalue weighted by Crippen LogP contribution is 2.24. The van der Waals surface area contributed by atoms with Crippen LogP contribution in [0.15, 0.2) is 0 Å². The van der Waals surface area contributed by atoms with E-state index in [2.05, 4.69) is 0 Å². The van der Waals surface area contributed by atoms with Crippen LogP contribution in [0.25, 0.3) is 0 Å². The fourth-order valence-corrected chi connectivity index (χ4v) is 1.38. The summed E-state index contributed by atoms with van der Waals surface area (Å²) in [5.74, 6) is 0.383. The molecule has 0 bridgehead atoms. The smallest absolute Gasteiger partial charge is 0.115 e. The van der Waals surface area contributed by atoms with Gasteiger partial charge < -0.3 is 5.73 Å². The second-order valence-corrected chi connectivity index (χ2v) is 3.00. The number of nitrogens with two attached hydrogens (primary N) is 1. The number of halogens is 1. The zero-order valence-electron chi connectivity index (χ0n) is 5.81. The maximum Gasteiger partial charge on any atom is 0.115 e. The van der Waals surface area contributed by atoms with Crippen LogP contribution in [0.4, 0.5) is 4.39 Å². The molecule has 0 saturated heterocycles. The Morgan fingerprint density at radius 3 is 2.56 bits per heavy atom. The molecule has 9 heavy (non-hydrogen) atoms. The van der Waals surface area contributed by atoms with E-state index in [1.807, 2.05) is 6.92 Å². The van der Waals surface area contributed by atoms with E-state index in [1.165, 1.54) is 0 Å². The minimum Gasteiger partial charge on any atom is -0.325 e. The van der Waals surface area contributed by atoms with Gasteiger partial charge >= 0.3 is 0 Å². The van der Waals surface area contributed by atoms with E-state index in [0.29, 0.717) is 12.3 Å². The number of alkyl halides is 1. The average Bonchev–Trinajstić information content (AvgIpc) is 1.83. The molecule has 0 spiro atoms. The van der Waals surface area contributed by atoms with Crippen molar-refractivity contribution >= 4 is 0 Å². The fraction of sp³-hybridized carbons (Fsp3) is 1.00. The van der Waals surface area contributed by atoms with Gasteiger partial charge in [0.2, 0.25) is 0 Å². The summed E-state index contributed by atoms with van der Waals surface area (Å²) >= 11 is 0. The number of rotatable bonds is 0. The van der Waals surface area contributed by atoms with E-state index in [4.69, 9.17) is 5.73 Å². The SMILES string of the molecule is C[C@@H]1CCC[C@@H](F)[C@@H]1N. The van der Waals surface area contributed by atoms with Gasteiger partial charge in [0.1, 0.15) is 6.17 Å². The lowest BCUT2D eigenvalue weighted by Crippen LogP contribution is -2.40. The van der Waals surface area contributed by atoms with Crippen LogP contribution in [0.2, 0.25) is 0 Å². The van der Waals surface area contributed by atoms with Crippen molar-refractivity contribution < 1.29 is 4.39 Å². The van der Waals surface area contributed by atoms with Crippen LogP contribution in [-0.2, 0) is 0 Å². The molecule has 0 aromatic carbocycles. The first kappa shape index (κ1) is 7.00. The van der Waals surface area contributed by atoms with E-state index in [9.17, 15) is 4.39 Å². The molecule has 0 aromatic heterocycles. The molecule has 1 saturated carbocycles. The number of hydrogen-bond acceptors (Lipinski definition) is 1. The van der Waals surface area contributed by atoms with E-state index >= 15 is 0 Å². The summed E-state index contributed by atoms with van der Waals surface area (Å²) in [7, 11) is 0. The molecule has 3 atom stereocenters. The van der Waals surface area contributed by atoms with Crippen molar-refractivity contribution in [1.82, 2.24) is 0 Å². The maximum absolute atomic E-state index is 12.7. The minimum atomic E-state index is -0.742. The largest absolute Gasteiger partial charge is 0.325 e. The third-order valence-corrected chi connectivity index (χ3v) is 2.21. The average molecular weight is 131 g/mol. The van der Waals surface area contributed by atoms with Gasteiger partial charge in [-0.05, 0) is 18.8 Å². The van der Waals surface area contributed by atoms with Gasteiger partial charge in [-0.1, -0.05) is 13.3 Å². The maximum atomic E-state index is 12.7. The Labute approximate surface area is 55.4 Å². The second kappa shape index (κ2) is 2.65. The quantitative estimate of drug-likeness (QED) is 0.529. The first-order valence-electron chi connectivity index (χ1n) is 3.61. The van der Waals surface area contributed by atoms with Gasteiger partial charge in [-0.3, -0.25) is 0 Å². The van der Waals surface area contributed by atoms with Crippen molar-refractivity contribution in [3.63, 3.8) is 0 Å². The summed E-state index contributed by atoms with van der Waals surface area (Å²) in [4.78, 5) is 0. The predicted molar refractivity (Wildman–Crippen MR) is 35.9 cm³/mol. The number of hydrogen-bond donors (Lipinski definition) is 1. The van der Waals surface area contributed by atoms with Crippen LogP contribution in [-0.4, -0.2) is 12.2 Å². The molecular formula is C7H14FN. The van der Waals surface area contributed by atoms with E-state index < -0.39 is 6.17 Å². The lowest BCUT2D eigenvalue weighted by atomic mass is 9.85. The molecule has 1 rings (SSSR count). The highest BCUT2D eigenvalue weighted by atomic mass is 19.1. The molecule has 0 amide bonds. The molecule has 2 heteroatoms. The van der Waals surface area contributed by atoms with Crippen molar-refractivity contribution in [1.29, 1.82) is 0 Å². The van der Waals surface area contributed by atoms with Crippen molar-refractivity contribution in [2.75, 3.05) is 0 Å². The van der Waals surface area contributed by atoms with Crippen molar-refractivity contribution in [2.45, 2.75) is 38.4 Å². The first-order chi connectivity index (χ1) is 4.22. The van der Waals surface area contributed by atoms with Gasteiger partial charge in [0, 0.05) is 6.04 Å². The standard InChI is InChI=1S/C7H14FN/c1-5-3-2-4-6(8)7(5)9/h5-7H,2-4,9H2,1H3/t5-,6-,7-/m1/s1. The third-order valence-electron chi connectivity index (χ3n) is 2.21.